The predicted molar refractivity (Wildman–Crippen MR) is 53.3 cm³/mol. The summed E-state index contributed by atoms with van der Waals surface area (Å²) in [7, 11) is 0. The van der Waals surface area contributed by atoms with Crippen molar-refractivity contribution < 1.29 is 0 Å². The normalized spacial score (nSPS) is 43.8. The molecule has 0 amide bonds. The standard InChI is InChI=1S/C11H15Cl/c1-7(2)11-9-4-3-8(5-9)10(11)6-12/h3-4,8-11H,1,5-6H2,2H3. The van der Waals surface area contributed by atoms with Gasteiger partial charge in [0.05, 0.1) is 0 Å². The van der Waals surface area contributed by atoms with E-state index < -0.39 is 0 Å². The van der Waals surface area contributed by atoms with Crippen molar-refractivity contribution in [3.63, 3.8) is 0 Å². The lowest BCUT2D eigenvalue weighted by molar-refractivity contribution is 0.390. The first-order valence-electron chi connectivity index (χ1n) is 4.63. The van der Waals surface area contributed by atoms with E-state index >= 15 is 0 Å². The first-order chi connectivity index (χ1) is 5.74. The van der Waals surface area contributed by atoms with E-state index in [1.54, 1.807) is 0 Å². The summed E-state index contributed by atoms with van der Waals surface area (Å²) in [6, 6.07) is 0. The maximum atomic E-state index is 5.97. The summed E-state index contributed by atoms with van der Waals surface area (Å²) in [4.78, 5) is 0. The molecule has 66 valence electrons. The van der Waals surface area contributed by atoms with Gasteiger partial charge in [-0.1, -0.05) is 24.3 Å². The van der Waals surface area contributed by atoms with Gasteiger partial charge in [0.1, 0.15) is 0 Å². The van der Waals surface area contributed by atoms with Gasteiger partial charge in [0.25, 0.3) is 0 Å². The summed E-state index contributed by atoms with van der Waals surface area (Å²) in [6.07, 6.45) is 6.01. The fourth-order valence-electron chi connectivity index (χ4n) is 2.87. The lowest BCUT2D eigenvalue weighted by Gasteiger charge is -2.26. The molecule has 1 saturated carbocycles. The summed E-state index contributed by atoms with van der Waals surface area (Å²) in [6.45, 7) is 6.20. The van der Waals surface area contributed by atoms with Gasteiger partial charge >= 0.3 is 0 Å². The second-order valence-electron chi connectivity index (χ2n) is 4.14. The van der Waals surface area contributed by atoms with Crippen molar-refractivity contribution in [2.45, 2.75) is 13.3 Å². The molecule has 4 atom stereocenters. The monoisotopic (exact) mass is 182 g/mol. The third-order valence-corrected chi connectivity index (χ3v) is 3.73. The molecule has 1 heteroatoms. The van der Waals surface area contributed by atoms with Gasteiger partial charge in [0, 0.05) is 5.88 Å². The van der Waals surface area contributed by atoms with Crippen LogP contribution in [0.4, 0.5) is 0 Å². The van der Waals surface area contributed by atoms with Crippen molar-refractivity contribution in [1.29, 1.82) is 0 Å². The van der Waals surface area contributed by atoms with Gasteiger partial charge in [-0.15, -0.1) is 11.6 Å². The summed E-state index contributed by atoms with van der Waals surface area (Å²) < 4.78 is 0. The topological polar surface area (TPSA) is 0 Å². The van der Waals surface area contributed by atoms with Crippen molar-refractivity contribution in [1.82, 2.24) is 0 Å². The molecular formula is C11H15Cl. The molecule has 0 N–H and O–H groups in total. The van der Waals surface area contributed by atoms with Crippen molar-refractivity contribution in [2.24, 2.45) is 23.7 Å². The Hall–Kier alpha value is -0.230. The molecule has 2 rings (SSSR count). The summed E-state index contributed by atoms with van der Waals surface area (Å²) in [5.74, 6) is 3.62. The van der Waals surface area contributed by atoms with Crippen LogP contribution in [0.2, 0.25) is 0 Å². The van der Waals surface area contributed by atoms with Crippen LogP contribution in [0.15, 0.2) is 24.3 Å². The van der Waals surface area contributed by atoms with Crippen LogP contribution in [0.1, 0.15) is 13.3 Å². The largest absolute Gasteiger partial charge is 0.126 e. The molecule has 12 heavy (non-hydrogen) atoms. The summed E-state index contributed by atoms with van der Waals surface area (Å²) >= 11 is 5.97. The molecule has 2 aliphatic carbocycles. The number of halogens is 1. The average molecular weight is 183 g/mol. The molecule has 0 aromatic carbocycles. The Bertz CT molecular complexity index is 229. The Morgan fingerprint density at radius 3 is 2.67 bits per heavy atom. The first kappa shape index (κ1) is 8.37. The zero-order valence-electron chi connectivity index (χ0n) is 7.46. The van der Waals surface area contributed by atoms with Gasteiger partial charge in [0.15, 0.2) is 0 Å². The maximum absolute atomic E-state index is 5.97. The first-order valence-corrected chi connectivity index (χ1v) is 5.17. The number of fused-ring (bicyclic) bond motifs is 2. The fraction of sp³-hybridized carbons (Fsp3) is 0.636. The molecule has 0 aromatic heterocycles. The predicted octanol–water partition coefficient (Wildman–Crippen LogP) is 3.24. The van der Waals surface area contributed by atoms with Crippen molar-refractivity contribution in [2.75, 3.05) is 5.88 Å². The highest BCUT2D eigenvalue weighted by Gasteiger charge is 2.43. The van der Waals surface area contributed by atoms with Gasteiger partial charge in [-0.05, 0) is 37.0 Å². The lowest BCUT2D eigenvalue weighted by Crippen LogP contribution is -2.21. The summed E-state index contributed by atoms with van der Waals surface area (Å²) in [5.41, 5.74) is 1.32. The Labute approximate surface area is 79.3 Å². The minimum Gasteiger partial charge on any atom is -0.126 e. The molecule has 0 nitrogen and oxygen atoms in total. The second-order valence-corrected chi connectivity index (χ2v) is 4.45. The Kier molecular flexibility index (Phi) is 2.04. The maximum Gasteiger partial charge on any atom is 0.0263 e. The van der Waals surface area contributed by atoms with E-state index in [1.165, 1.54) is 12.0 Å². The zero-order chi connectivity index (χ0) is 8.72. The van der Waals surface area contributed by atoms with Crippen molar-refractivity contribution in [3.8, 4) is 0 Å². The average Bonchev–Trinajstić information content (AvgIpc) is 2.60. The molecular weight excluding hydrogens is 168 g/mol. The highest BCUT2D eigenvalue weighted by molar-refractivity contribution is 6.18. The number of alkyl halides is 1. The SMILES string of the molecule is C=C(C)C1C2C=CC(C2)C1CCl. The van der Waals surface area contributed by atoms with Crippen LogP contribution in [0, 0.1) is 23.7 Å². The van der Waals surface area contributed by atoms with E-state index in [2.05, 4.69) is 25.7 Å². The smallest absolute Gasteiger partial charge is 0.0263 e. The quantitative estimate of drug-likeness (QED) is 0.455. The Morgan fingerprint density at radius 2 is 2.17 bits per heavy atom. The molecule has 0 radical (unpaired) electrons. The molecule has 2 bridgehead atoms. The third-order valence-electron chi connectivity index (χ3n) is 3.37. The second kappa shape index (κ2) is 2.92. The molecule has 0 saturated heterocycles. The van der Waals surface area contributed by atoms with E-state index in [-0.39, 0.29) is 0 Å². The Morgan fingerprint density at radius 1 is 1.50 bits per heavy atom. The van der Waals surface area contributed by atoms with Crippen molar-refractivity contribution in [3.05, 3.63) is 24.3 Å². The highest BCUT2D eigenvalue weighted by Crippen LogP contribution is 2.50. The minimum atomic E-state index is 0.664. The number of allylic oxidation sites excluding steroid dienone is 3. The van der Waals surface area contributed by atoms with Crippen LogP contribution in [0.3, 0.4) is 0 Å². The van der Waals surface area contributed by atoms with Gasteiger partial charge in [-0.2, -0.15) is 0 Å². The number of rotatable bonds is 2. The van der Waals surface area contributed by atoms with Crippen molar-refractivity contribution >= 4 is 11.6 Å². The molecule has 4 unspecified atom stereocenters. The molecule has 1 fully saturated rings. The van der Waals surface area contributed by atoms with Crippen LogP contribution in [0.25, 0.3) is 0 Å². The number of hydrogen-bond donors (Lipinski definition) is 0. The van der Waals surface area contributed by atoms with Gasteiger partial charge in [0.2, 0.25) is 0 Å². The Balaban J connectivity index is 2.23. The van der Waals surface area contributed by atoms with Gasteiger partial charge in [-0.3, -0.25) is 0 Å². The zero-order valence-corrected chi connectivity index (χ0v) is 8.22. The van der Waals surface area contributed by atoms with Gasteiger partial charge < -0.3 is 0 Å². The van der Waals surface area contributed by atoms with Crippen LogP contribution in [-0.2, 0) is 0 Å². The van der Waals surface area contributed by atoms with Crippen LogP contribution >= 0.6 is 11.6 Å². The molecule has 0 aromatic rings. The van der Waals surface area contributed by atoms with E-state index in [9.17, 15) is 0 Å². The van der Waals surface area contributed by atoms with E-state index in [1.807, 2.05) is 0 Å². The van der Waals surface area contributed by atoms with E-state index in [0.29, 0.717) is 11.8 Å². The molecule has 0 aliphatic heterocycles. The fourth-order valence-corrected chi connectivity index (χ4v) is 3.29. The third kappa shape index (κ3) is 1.05. The molecule has 0 spiro atoms. The minimum absolute atomic E-state index is 0.664. The molecule has 0 heterocycles. The van der Waals surface area contributed by atoms with Crippen LogP contribution in [0.5, 0.6) is 0 Å². The van der Waals surface area contributed by atoms with Gasteiger partial charge in [-0.25, -0.2) is 0 Å². The number of hydrogen-bond acceptors (Lipinski definition) is 0. The lowest BCUT2D eigenvalue weighted by atomic mass is 9.80. The molecule has 2 aliphatic rings. The van der Waals surface area contributed by atoms with Crippen LogP contribution < -0.4 is 0 Å². The van der Waals surface area contributed by atoms with Crippen LogP contribution in [-0.4, -0.2) is 5.88 Å². The van der Waals surface area contributed by atoms with E-state index in [4.69, 9.17) is 11.6 Å². The highest BCUT2D eigenvalue weighted by atomic mass is 35.5. The summed E-state index contributed by atoms with van der Waals surface area (Å²) in [5, 5.41) is 0. The van der Waals surface area contributed by atoms with E-state index in [0.717, 1.165) is 17.7 Å².